The maximum atomic E-state index is 14.2. The molecule has 5 heterocycles. The number of nitrogens with zero attached hydrogens (tertiary/aromatic N) is 6. The van der Waals surface area contributed by atoms with Crippen LogP contribution >= 0.6 is 15.9 Å². The first kappa shape index (κ1) is 30.6. The first-order valence-corrected chi connectivity index (χ1v) is 16.3. The molecule has 1 aromatic carbocycles. The molecule has 1 spiro atoms. The van der Waals surface area contributed by atoms with Crippen LogP contribution in [0.5, 0.6) is 0 Å². The van der Waals surface area contributed by atoms with Crippen molar-refractivity contribution in [2.24, 2.45) is 5.41 Å². The number of nitrogens with one attached hydrogen (secondary N) is 1. The summed E-state index contributed by atoms with van der Waals surface area (Å²) in [5.74, 6) is 0.316. The zero-order chi connectivity index (χ0) is 32.0. The van der Waals surface area contributed by atoms with Gasteiger partial charge < -0.3 is 19.7 Å². The Morgan fingerprint density at radius 2 is 1.85 bits per heavy atom. The van der Waals surface area contributed by atoms with Crippen molar-refractivity contribution in [1.29, 1.82) is 0 Å². The number of piperidine rings is 1. The fourth-order valence-electron chi connectivity index (χ4n) is 6.67. The first-order chi connectivity index (χ1) is 22.2. The normalized spacial score (nSPS) is 23.2. The van der Waals surface area contributed by atoms with Gasteiger partial charge in [0.1, 0.15) is 34.5 Å². The lowest BCUT2D eigenvalue weighted by Gasteiger charge is -2.27. The molecule has 1 aliphatic carbocycles. The Morgan fingerprint density at radius 1 is 1.07 bits per heavy atom. The van der Waals surface area contributed by atoms with Crippen molar-refractivity contribution in [2.45, 2.75) is 64.8 Å². The molecule has 2 bridgehead atoms. The van der Waals surface area contributed by atoms with Crippen LogP contribution in [0.25, 0.3) is 22.0 Å². The number of likely N-dealkylation sites (tertiary alicyclic amines) is 1. The molecular formula is C33H34BrN7O5. The summed E-state index contributed by atoms with van der Waals surface area (Å²) in [6.07, 6.45) is 6.46. The first-order valence-electron chi connectivity index (χ1n) is 15.5. The van der Waals surface area contributed by atoms with Crippen molar-refractivity contribution < 1.29 is 23.9 Å². The third-order valence-electron chi connectivity index (χ3n) is 9.15. The van der Waals surface area contributed by atoms with E-state index < -0.39 is 6.04 Å². The number of halogens is 1. The Morgan fingerprint density at radius 3 is 2.63 bits per heavy atom. The number of amides is 2. The number of Topliss-reactive ketones (excluding diaryl/α,β-unsaturated/α-hetero) is 1. The number of hydrogen-bond acceptors (Lipinski definition) is 9. The Labute approximate surface area is 274 Å². The van der Waals surface area contributed by atoms with Gasteiger partial charge in [0, 0.05) is 60.5 Å². The van der Waals surface area contributed by atoms with Gasteiger partial charge in [0.15, 0.2) is 5.78 Å². The average molecular weight is 689 g/mol. The molecule has 1 saturated carbocycles. The van der Waals surface area contributed by atoms with Gasteiger partial charge in [0.2, 0.25) is 11.8 Å². The highest BCUT2D eigenvalue weighted by Gasteiger charge is 2.67. The van der Waals surface area contributed by atoms with Crippen molar-refractivity contribution in [3.63, 3.8) is 0 Å². The number of hydrogen-bond donors (Lipinski definition) is 1. The van der Waals surface area contributed by atoms with Gasteiger partial charge in [-0.25, -0.2) is 15.0 Å². The van der Waals surface area contributed by atoms with Crippen molar-refractivity contribution >= 4 is 50.2 Å². The van der Waals surface area contributed by atoms with Gasteiger partial charge in [-0.15, -0.1) is 0 Å². The number of aryl methyl sites for hydroxylation is 1. The third kappa shape index (κ3) is 5.82. The van der Waals surface area contributed by atoms with Crippen LogP contribution in [0.1, 0.15) is 54.5 Å². The zero-order valence-electron chi connectivity index (χ0n) is 25.7. The number of rotatable bonds is 4. The SMILES string of the molecule is CC(=O)c1nn(CC(=O)N2[C@H]3C[C@@]4(COCCCCOCc5ccc(Br)nc5NC3=O)C[C@@H]24)c2ccc(-c3cnc(C)nc3)cc12. The summed E-state index contributed by atoms with van der Waals surface area (Å²) < 4.78 is 14.1. The molecule has 46 heavy (non-hydrogen) atoms. The van der Waals surface area contributed by atoms with Gasteiger partial charge in [-0.1, -0.05) is 12.1 Å². The fourth-order valence-corrected chi connectivity index (χ4v) is 6.98. The molecule has 3 aliphatic rings. The van der Waals surface area contributed by atoms with E-state index in [2.05, 4.69) is 41.3 Å². The molecule has 238 valence electrons. The van der Waals surface area contributed by atoms with E-state index in [4.69, 9.17) is 9.47 Å². The number of carbonyl (C=O) groups excluding carboxylic acids is 3. The smallest absolute Gasteiger partial charge is 0.248 e. The van der Waals surface area contributed by atoms with Gasteiger partial charge in [-0.05, 0) is 72.3 Å². The van der Waals surface area contributed by atoms with Gasteiger partial charge in [0.05, 0.1) is 18.7 Å². The molecule has 2 amide bonds. The second kappa shape index (κ2) is 12.3. The lowest BCUT2D eigenvalue weighted by molar-refractivity contribution is -0.138. The van der Waals surface area contributed by atoms with Crippen LogP contribution in [0.2, 0.25) is 0 Å². The monoisotopic (exact) mass is 687 g/mol. The molecule has 7 rings (SSSR count). The maximum Gasteiger partial charge on any atom is 0.248 e. The molecule has 0 radical (unpaired) electrons. The summed E-state index contributed by atoms with van der Waals surface area (Å²) in [6.45, 7) is 5.12. The number of ether oxygens (including phenoxy) is 2. The van der Waals surface area contributed by atoms with E-state index in [-0.39, 0.29) is 41.3 Å². The van der Waals surface area contributed by atoms with Gasteiger partial charge in [-0.2, -0.15) is 5.10 Å². The summed E-state index contributed by atoms with van der Waals surface area (Å²) in [5, 5.41) is 8.21. The van der Waals surface area contributed by atoms with Crippen LogP contribution in [-0.2, 0) is 32.2 Å². The van der Waals surface area contributed by atoms with E-state index in [1.54, 1.807) is 22.0 Å². The highest BCUT2D eigenvalue weighted by atomic mass is 79.9. The standard InChI is InChI=1S/C33H34BrN7O5/c1-19(42)30-24-11-21(23-14-35-20(2)36-15-23)5-7-25(24)40(39-30)16-29(43)41-26-12-33(13-27(33)41)18-46-10-4-3-9-45-17-22-6-8-28(34)37-31(22)38-32(26)44/h5-8,11,14-15,26-27H,3-4,9-10,12-13,16-18H2,1-2H3,(H,37,38,44)/t26-,27+,33-/m0/s1. The number of ketones is 1. The quantitative estimate of drug-likeness (QED) is 0.243. The molecule has 4 aromatic rings. The van der Waals surface area contributed by atoms with Crippen molar-refractivity contribution in [3.05, 3.63) is 64.4 Å². The lowest BCUT2D eigenvalue weighted by Crippen LogP contribution is -2.47. The van der Waals surface area contributed by atoms with Crippen molar-refractivity contribution in [3.8, 4) is 11.1 Å². The Balaban J connectivity index is 1.19. The Kier molecular flexibility index (Phi) is 8.16. The van der Waals surface area contributed by atoms with Crippen LogP contribution in [-0.4, -0.2) is 79.1 Å². The Bertz CT molecular complexity index is 1840. The molecule has 1 saturated heterocycles. The van der Waals surface area contributed by atoms with Crippen molar-refractivity contribution in [2.75, 3.05) is 25.1 Å². The number of fused-ring (bicyclic) bond motifs is 3. The lowest BCUT2D eigenvalue weighted by atomic mass is 10.00. The second-order valence-electron chi connectivity index (χ2n) is 12.4. The van der Waals surface area contributed by atoms with Crippen LogP contribution < -0.4 is 5.32 Å². The predicted octanol–water partition coefficient (Wildman–Crippen LogP) is 4.49. The van der Waals surface area contributed by atoms with E-state index >= 15 is 0 Å². The number of benzene rings is 1. The number of anilines is 1. The van der Waals surface area contributed by atoms with E-state index in [1.165, 1.54) is 6.92 Å². The maximum absolute atomic E-state index is 14.2. The summed E-state index contributed by atoms with van der Waals surface area (Å²) in [5.41, 5.74) is 3.06. The second-order valence-corrected chi connectivity index (χ2v) is 13.2. The van der Waals surface area contributed by atoms with Gasteiger partial charge in [0.25, 0.3) is 0 Å². The van der Waals surface area contributed by atoms with E-state index in [0.29, 0.717) is 60.0 Å². The highest BCUT2D eigenvalue weighted by molar-refractivity contribution is 9.10. The molecule has 2 aliphatic heterocycles. The summed E-state index contributed by atoms with van der Waals surface area (Å²) in [4.78, 5) is 55.5. The molecule has 3 aromatic heterocycles. The molecule has 3 atom stereocenters. The third-order valence-corrected chi connectivity index (χ3v) is 9.59. The predicted molar refractivity (Wildman–Crippen MR) is 172 cm³/mol. The van der Waals surface area contributed by atoms with Crippen LogP contribution in [0.3, 0.4) is 0 Å². The topological polar surface area (TPSA) is 141 Å². The zero-order valence-corrected chi connectivity index (χ0v) is 27.2. The highest BCUT2D eigenvalue weighted by Crippen LogP contribution is 2.60. The van der Waals surface area contributed by atoms with Gasteiger partial charge in [-0.3, -0.25) is 19.1 Å². The van der Waals surface area contributed by atoms with E-state index in [0.717, 1.165) is 36.0 Å². The van der Waals surface area contributed by atoms with Crippen LogP contribution in [0.4, 0.5) is 5.82 Å². The number of pyridine rings is 1. The van der Waals surface area contributed by atoms with Crippen molar-refractivity contribution in [1.82, 2.24) is 29.6 Å². The molecule has 2 fully saturated rings. The fraction of sp³-hybridized carbons (Fsp3) is 0.424. The molecular weight excluding hydrogens is 654 g/mol. The minimum absolute atomic E-state index is 0.121. The molecule has 12 nitrogen and oxygen atoms in total. The molecule has 0 unspecified atom stereocenters. The average Bonchev–Trinajstić information content (AvgIpc) is 3.45. The minimum atomic E-state index is -0.711. The van der Waals surface area contributed by atoms with E-state index in [1.807, 2.05) is 37.3 Å². The summed E-state index contributed by atoms with van der Waals surface area (Å²) >= 11 is 3.41. The summed E-state index contributed by atoms with van der Waals surface area (Å²) in [6, 6.07) is 8.49. The Hall–Kier alpha value is -4.07. The largest absolute Gasteiger partial charge is 0.381 e. The molecule has 13 heteroatoms. The number of carbonyl (C=O) groups is 3. The van der Waals surface area contributed by atoms with Gasteiger partial charge >= 0.3 is 0 Å². The van der Waals surface area contributed by atoms with Crippen LogP contribution in [0, 0.1) is 12.3 Å². The van der Waals surface area contributed by atoms with E-state index in [9.17, 15) is 14.4 Å². The molecule has 1 N–H and O–H groups in total. The number of aromatic nitrogens is 5. The summed E-state index contributed by atoms with van der Waals surface area (Å²) in [7, 11) is 0. The van der Waals surface area contributed by atoms with Crippen LogP contribution in [0.15, 0.2) is 47.3 Å². The minimum Gasteiger partial charge on any atom is -0.381 e.